The molecule has 1 aliphatic heterocycles. The van der Waals surface area contributed by atoms with Crippen molar-refractivity contribution in [3.05, 3.63) is 82.9 Å². The van der Waals surface area contributed by atoms with Gasteiger partial charge in [0.15, 0.2) is 5.69 Å². The molecule has 27 heavy (non-hydrogen) atoms. The van der Waals surface area contributed by atoms with E-state index in [0.717, 1.165) is 17.5 Å². The predicted octanol–water partition coefficient (Wildman–Crippen LogP) is 2.66. The van der Waals surface area contributed by atoms with Crippen LogP contribution >= 0.6 is 0 Å². The van der Waals surface area contributed by atoms with E-state index in [2.05, 4.69) is 15.6 Å². The van der Waals surface area contributed by atoms with Gasteiger partial charge >= 0.3 is 0 Å². The molecule has 1 amide bonds. The van der Waals surface area contributed by atoms with Crippen molar-refractivity contribution in [2.24, 2.45) is 0 Å². The average molecular weight is 366 g/mol. The molecule has 0 aliphatic carbocycles. The van der Waals surface area contributed by atoms with E-state index in [4.69, 9.17) is 4.74 Å². The lowest BCUT2D eigenvalue weighted by atomic mass is 10.1. The van der Waals surface area contributed by atoms with E-state index in [1.807, 2.05) is 30.3 Å². The van der Waals surface area contributed by atoms with Crippen molar-refractivity contribution < 1.29 is 13.9 Å². The molecule has 0 spiro atoms. The number of aromatic nitrogens is 3. The van der Waals surface area contributed by atoms with Gasteiger partial charge in [-0.3, -0.25) is 4.79 Å². The number of halogens is 1. The first-order valence-corrected chi connectivity index (χ1v) is 8.82. The quantitative estimate of drug-likeness (QED) is 0.754. The first kappa shape index (κ1) is 17.4. The van der Waals surface area contributed by atoms with Gasteiger partial charge in [0.1, 0.15) is 11.9 Å². The predicted molar refractivity (Wildman–Crippen MR) is 96.4 cm³/mol. The fraction of sp³-hybridized carbons (Fsp3) is 0.250. The zero-order valence-corrected chi connectivity index (χ0v) is 14.6. The Morgan fingerprint density at radius 1 is 1.19 bits per heavy atom. The van der Waals surface area contributed by atoms with Gasteiger partial charge in [-0.1, -0.05) is 47.7 Å². The molecule has 138 valence electrons. The van der Waals surface area contributed by atoms with Gasteiger partial charge in [0.2, 0.25) is 0 Å². The van der Waals surface area contributed by atoms with Gasteiger partial charge in [-0.2, -0.15) is 0 Å². The van der Waals surface area contributed by atoms with E-state index in [9.17, 15) is 9.18 Å². The molecule has 3 aromatic rings. The maximum atomic E-state index is 13.1. The van der Waals surface area contributed by atoms with E-state index in [-0.39, 0.29) is 24.4 Å². The molecule has 1 unspecified atom stereocenters. The van der Waals surface area contributed by atoms with Gasteiger partial charge < -0.3 is 10.1 Å². The summed E-state index contributed by atoms with van der Waals surface area (Å²) in [6.45, 7) is 1.19. The summed E-state index contributed by atoms with van der Waals surface area (Å²) in [6.07, 6.45) is 0.507. The molecular formula is C20H19FN4O2. The zero-order valence-electron chi connectivity index (χ0n) is 14.6. The van der Waals surface area contributed by atoms with Crippen molar-refractivity contribution in [3.63, 3.8) is 0 Å². The SMILES string of the molecule is O=C(NCCc1ccccc1)c1nnn2c1COC(c1ccc(F)cc1)C2. The highest BCUT2D eigenvalue weighted by atomic mass is 19.1. The van der Waals surface area contributed by atoms with Gasteiger partial charge in [0, 0.05) is 6.54 Å². The molecule has 1 N–H and O–H groups in total. The average Bonchev–Trinajstić information content (AvgIpc) is 3.12. The minimum atomic E-state index is -0.287. The smallest absolute Gasteiger partial charge is 0.273 e. The van der Waals surface area contributed by atoms with Crippen LogP contribution in [0.2, 0.25) is 0 Å². The third-order valence-electron chi connectivity index (χ3n) is 4.60. The van der Waals surface area contributed by atoms with Crippen molar-refractivity contribution in [1.82, 2.24) is 20.3 Å². The van der Waals surface area contributed by atoms with Crippen LogP contribution in [0.15, 0.2) is 54.6 Å². The summed E-state index contributed by atoms with van der Waals surface area (Å²) in [5.41, 5.74) is 2.98. The molecule has 2 heterocycles. The summed E-state index contributed by atoms with van der Waals surface area (Å²) >= 11 is 0. The second kappa shape index (κ2) is 7.67. The maximum absolute atomic E-state index is 13.1. The number of carbonyl (C=O) groups excluding carboxylic acids is 1. The Bertz CT molecular complexity index is 925. The third kappa shape index (κ3) is 3.88. The molecule has 4 rings (SSSR count). The molecule has 1 aliphatic rings. The lowest BCUT2D eigenvalue weighted by Crippen LogP contribution is -2.29. The standard InChI is InChI=1S/C20H19FN4O2/c21-16-8-6-15(7-9-16)18-12-25-17(13-27-18)19(23-24-25)20(26)22-11-10-14-4-2-1-3-5-14/h1-9,18H,10-13H2,(H,22,26). The number of fused-ring (bicyclic) bond motifs is 1. The largest absolute Gasteiger partial charge is 0.365 e. The molecule has 7 heteroatoms. The van der Waals surface area contributed by atoms with Gasteiger partial charge in [-0.15, -0.1) is 5.10 Å². The number of benzene rings is 2. The highest BCUT2D eigenvalue weighted by molar-refractivity contribution is 5.93. The van der Waals surface area contributed by atoms with E-state index >= 15 is 0 Å². The van der Waals surface area contributed by atoms with Crippen LogP contribution in [0.4, 0.5) is 4.39 Å². The van der Waals surface area contributed by atoms with Crippen molar-refractivity contribution >= 4 is 5.91 Å². The zero-order chi connectivity index (χ0) is 18.6. The normalized spacial score (nSPS) is 16.0. The van der Waals surface area contributed by atoms with Crippen LogP contribution in [-0.2, 0) is 24.3 Å². The number of hydrogen-bond donors (Lipinski definition) is 1. The number of ether oxygens (including phenoxy) is 1. The van der Waals surface area contributed by atoms with Gasteiger partial charge in [-0.25, -0.2) is 9.07 Å². The van der Waals surface area contributed by atoms with Crippen LogP contribution in [-0.4, -0.2) is 27.4 Å². The van der Waals surface area contributed by atoms with Crippen LogP contribution < -0.4 is 5.32 Å². The number of amides is 1. The molecule has 1 atom stereocenters. The molecule has 0 saturated carbocycles. The molecule has 0 fully saturated rings. The fourth-order valence-corrected chi connectivity index (χ4v) is 3.12. The van der Waals surface area contributed by atoms with Gasteiger partial charge in [-0.05, 0) is 29.7 Å². The topological polar surface area (TPSA) is 69.0 Å². The molecule has 0 saturated heterocycles. The van der Waals surface area contributed by atoms with Crippen molar-refractivity contribution in [2.45, 2.75) is 25.7 Å². The Hall–Kier alpha value is -3.06. The second-order valence-corrected chi connectivity index (χ2v) is 6.41. The Balaban J connectivity index is 1.39. The number of nitrogens with zero attached hydrogens (tertiary/aromatic N) is 3. The van der Waals surface area contributed by atoms with E-state index in [0.29, 0.717) is 24.5 Å². The minimum absolute atomic E-state index is 0.233. The summed E-state index contributed by atoms with van der Waals surface area (Å²) < 4.78 is 20.6. The summed E-state index contributed by atoms with van der Waals surface area (Å²) in [4.78, 5) is 12.4. The number of hydrogen-bond acceptors (Lipinski definition) is 4. The molecule has 0 bridgehead atoms. The summed E-state index contributed by atoms with van der Waals surface area (Å²) in [5, 5.41) is 11.0. The Kier molecular flexibility index (Phi) is 4.93. The van der Waals surface area contributed by atoms with Gasteiger partial charge in [0.25, 0.3) is 5.91 Å². The van der Waals surface area contributed by atoms with Crippen LogP contribution in [0, 0.1) is 5.82 Å². The van der Waals surface area contributed by atoms with Crippen molar-refractivity contribution in [2.75, 3.05) is 6.54 Å². The first-order valence-electron chi connectivity index (χ1n) is 8.82. The maximum Gasteiger partial charge on any atom is 0.273 e. The summed E-state index contributed by atoms with van der Waals surface area (Å²) in [7, 11) is 0. The number of rotatable bonds is 5. The minimum Gasteiger partial charge on any atom is -0.365 e. The molecule has 1 aromatic heterocycles. The number of nitrogens with one attached hydrogen (secondary N) is 1. The van der Waals surface area contributed by atoms with E-state index in [1.54, 1.807) is 16.8 Å². The molecular weight excluding hydrogens is 347 g/mol. The molecule has 6 nitrogen and oxygen atoms in total. The Labute approximate surface area is 156 Å². The second-order valence-electron chi connectivity index (χ2n) is 6.41. The summed E-state index contributed by atoms with van der Waals surface area (Å²) in [5.74, 6) is -0.540. The van der Waals surface area contributed by atoms with E-state index in [1.165, 1.54) is 12.1 Å². The van der Waals surface area contributed by atoms with E-state index < -0.39 is 0 Å². The van der Waals surface area contributed by atoms with Crippen molar-refractivity contribution in [1.29, 1.82) is 0 Å². The highest BCUT2D eigenvalue weighted by Gasteiger charge is 2.27. The third-order valence-corrected chi connectivity index (χ3v) is 4.60. The fourth-order valence-electron chi connectivity index (χ4n) is 3.12. The Morgan fingerprint density at radius 2 is 1.96 bits per heavy atom. The Morgan fingerprint density at radius 3 is 2.74 bits per heavy atom. The van der Waals surface area contributed by atoms with Crippen LogP contribution in [0.1, 0.15) is 33.4 Å². The number of carbonyl (C=O) groups is 1. The first-order chi connectivity index (χ1) is 13.2. The molecule has 2 aromatic carbocycles. The highest BCUT2D eigenvalue weighted by Crippen LogP contribution is 2.27. The summed E-state index contributed by atoms with van der Waals surface area (Å²) in [6, 6.07) is 16.2. The molecule has 0 radical (unpaired) electrons. The monoisotopic (exact) mass is 366 g/mol. The lowest BCUT2D eigenvalue weighted by molar-refractivity contribution is -0.00180. The van der Waals surface area contributed by atoms with Crippen LogP contribution in [0.5, 0.6) is 0 Å². The van der Waals surface area contributed by atoms with Crippen LogP contribution in [0.25, 0.3) is 0 Å². The van der Waals surface area contributed by atoms with Gasteiger partial charge in [0.05, 0.1) is 18.8 Å². The van der Waals surface area contributed by atoms with Crippen molar-refractivity contribution in [3.8, 4) is 0 Å². The van der Waals surface area contributed by atoms with Crippen LogP contribution in [0.3, 0.4) is 0 Å². The lowest BCUT2D eigenvalue weighted by Gasteiger charge is -2.24.